The number of amidine groups is 1. The van der Waals surface area contributed by atoms with Gasteiger partial charge in [0.25, 0.3) is 10.0 Å². The van der Waals surface area contributed by atoms with Crippen molar-refractivity contribution in [1.29, 1.82) is 0 Å². The molecule has 1 N–H and O–H groups in total. The summed E-state index contributed by atoms with van der Waals surface area (Å²) in [5.74, 6) is 0.456. The zero-order chi connectivity index (χ0) is 20.1. The fraction of sp³-hybridized carbons (Fsp3) is 0.318. The maximum Gasteiger partial charge on any atom is 0.264 e. The molecule has 0 fully saturated rings. The minimum Gasteiger partial charge on any atom is -0.372 e. The molecule has 0 radical (unpaired) electrons. The van der Waals surface area contributed by atoms with Crippen LogP contribution >= 0.6 is 0 Å². The standard InChI is InChI=1S/C22H27N3O2S/c1-4-25(20-13-8-10-17(2)16-20)15-9-14-23-22-18(3)21(28(26,27)24-22)19-11-6-5-7-12-19/h5-8,10-13,16H,4,9,14-15H2,1-3H3,(H,23,24). The first-order chi connectivity index (χ1) is 13.4. The van der Waals surface area contributed by atoms with Crippen LogP contribution in [0.25, 0.3) is 4.91 Å². The Hall–Kier alpha value is -2.60. The summed E-state index contributed by atoms with van der Waals surface area (Å²) in [5, 5.41) is 0. The molecule has 2 aromatic carbocycles. The summed E-state index contributed by atoms with van der Waals surface area (Å²) in [4.78, 5) is 7.17. The number of hydrogen-bond donors (Lipinski definition) is 1. The van der Waals surface area contributed by atoms with Crippen molar-refractivity contribution in [3.05, 3.63) is 71.3 Å². The van der Waals surface area contributed by atoms with Crippen molar-refractivity contribution < 1.29 is 8.42 Å². The van der Waals surface area contributed by atoms with E-state index in [2.05, 4.69) is 52.7 Å². The van der Waals surface area contributed by atoms with Crippen molar-refractivity contribution >= 4 is 26.5 Å². The fourth-order valence-electron chi connectivity index (χ4n) is 3.42. The Morgan fingerprint density at radius 1 is 1.04 bits per heavy atom. The quantitative estimate of drug-likeness (QED) is 0.719. The second-order valence-corrected chi connectivity index (χ2v) is 8.55. The smallest absolute Gasteiger partial charge is 0.264 e. The summed E-state index contributed by atoms with van der Waals surface area (Å²) in [6.45, 7) is 8.40. The minimum absolute atomic E-state index is 0.321. The van der Waals surface area contributed by atoms with E-state index in [0.717, 1.165) is 19.5 Å². The number of sulfonamides is 1. The number of nitrogens with one attached hydrogen (secondary N) is 1. The minimum atomic E-state index is -3.56. The van der Waals surface area contributed by atoms with Gasteiger partial charge < -0.3 is 4.90 Å². The van der Waals surface area contributed by atoms with Crippen molar-refractivity contribution in [2.75, 3.05) is 24.5 Å². The van der Waals surface area contributed by atoms with Gasteiger partial charge in [0.1, 0.15) is 10.7 Å². The molecule has 0 amide bonds. The van der Waals surface area contributed by atoms with Crippen LogP contribution in [0, 0.1) is 6.92 Å². The van der Waals surface area contributed by atoms with Gasteiger partial charge in [-0.2, -0.15) is 0 Å². The maximum absolute atomic E-state index is 12.5. The SMILES string of the molecule is CCN(CCCN=C1NS(=O)(=O)C(c2ccccc2)=C1C)c1cccc(C)c1. The third-order valence-corrected chi connectivity index (χ3v) is 6.38. The molecular formula is C22H27N3O2S. The first-order valence-electron chi connectivity index (χ1n) is 9.58. The summed E-state index contributed by atoms with van der Waals surface area (Å²) >= 11 is 0. The van der Waals surface area contributed by atoms with Crippen LogP contribution in [0.1, 0.15) is 31.4 Å². The lowest BCUT2D eigenvalue weighted by atomic mass is 10.1. The molecule has 0 saturated heterocycles. The second kappa shape index (κ2) is 8.61. The van der Waals surface area contributed by atoms with Crippen LogP contribution in [0.5, 0.6) is 0 Å². The van der Waals surface area contributed by atoms with E-state index in [-0.39, 0.29) is 0 Å². The summed E-state index contributed by atoms with van der Waals surface area (Å²) in [7, 11) is -3.56. The van der Waals surface area contributed by atoms with Crippen molar-refractivity contribution in [1.82, 2.24) is 4.72 Å². The predicted molar refractivity (Wildman–Crippen MR) is 117 cm³/mol. The molecule has 0 saturated carbocycles. The summed E-state index contributed by atoms with van der Waals surface area (Å²) in [6.07, 6.45) is 0.848. The molecule has 5 nitrogen and oxygen atoms in total. The van der Waals surface area contributed by atoms with Gasteiger partial charge in [0.2, 0.25) is 0 Å². The van der Waals surface area contributed by atoms with Crippen LogP contribution < -0.4 is 9.62 Å². The molecule has 6 heteroatoms. The van der Waals surface area contributed by atoms with E-state index in [9.17, 15) is 8.42 Å². The van der Waals surface area contributed by atoms with Crippen LogP contribution in [0.4, 0.5) is 5.69 Å². The van der Waals surface area contributed by atoms with E-state index < -0.39 is 10.0 Å². The van der Waals surface area contributed by atoms with Gasteiger partial charge >= 0.3 is 0 Å². The van der Waals surface area contributed by atoms with Crippen molar-refractivity contribution in [2.24, 2.45) is 4.99 Å². The molecule has 3 rings (SSSR count). The van der Waals surface area contributed by atoms with Crippen molar-refractivity contribution in [3.63, 3.8) is 0 Å². The Balaban J connectivity index is 1.68. The molecule has 0 spiro atoms. The van der Waals surface area contributed by atoms with Crippen LogP contribution in [0.15, 0.2) is 65.2 Å². The first-order valence-corrected chi connectivity index (χ1v) is 11.1. The van der Waals surface area contributed by atoms with Gasteiger partial charge in [-0.15, -0.1) is 0 Å². The van der Waals surface area contributed by atoms with Crippen molar-refractivity contribution in [3.8, 4) is 0 Å². The molecule has 2 aromatic rings. The van der Waals surface area contributed by atoms with E-state index >= 15 is 0 Å². The van der Waals surface area contributed by atoms with E-state index in [1.54, 1.807) is 0 Å². The second-order valence-electron chi connectivity index (χ2n) is 6.93. The summed E-state index contributed by atoms with van der Waals surface area (Å²) < 4.78 is 27.7. The molecule has 1 aliphatic heterocycles. The highest BCUT2D eigenvalue weighted by atomic mass is 32.2. The van der Waals surface area contributed by atoms with Crippen molar-refractivity contribution in [2.45, 2.75) is 27.2 Å². The Kier molecular flexibility index (Phi) is 6.19. The Morgan fingerprint density at radius 3 is 2.46 bits per heavy atom. The zero-order valence-corrected chi connectivity index (χ0v) is 17.5. The van der Waals surface area contributed by atoms with Gasteiger partial charge in [-0.3, -0.25) is 9.71 Å². The molecule has 0 aromatic heterocycles. The number of hydrogen-bond acceptors (Lipinski definition) is 4. The normalized spacial score (nSPS) is 17.0. The molecular weight excluding hydrogens is 370 g/mol. The Morgan fingerprint density at radius 2 is 1.79 bits per heavy atom. The third kappa shape index (κ3) is 4.44. The van der Waals surface area contributed by atoms with E-state index in [0.29, 0.717) is 28.4 Å². The van der Waals surface area contributed by atoms with Gasteiger partial charge in [-0.25, -0.2) is 8.42 Å². The summed E-state index contributed by atoms with van der Waals surface area (Å²) in [6, 6.07) is 17.6. The maximum atomic E-state index is 12.5. The van der Waals surface area contributed by atoms with E-state index in [1.807, 2.05) is 37.3 Å². The lowest BCUT2D eigenvalue weighted by Gasteiger charge is -2.23. The van der Waals surface area contributed by atoms with Gasteiger partial charge in [0, 0.05) is 30.9 Å². The monoisotopic (exact) mass is 397 g/mol. The first kappa shape index (κ1) is 20.1. The molecule has 1 heterocycles. The number of anilines is 1. The van der Waals surface area contributed by atoms with Gasteiger partial charge in [-0.05, 0) is 50.5 Å². The van der Waals surface area contributed by atoms with Gasteiger partial charge in [0.05, 0.1) is 0 Å². The average molecular weight is 398 g/mol. The summed E-state index contributed by atoms with van der Waals surface area (Å²) in [5.41, 5.74) is 3.82. The Labute approximate surface area is 167 Å². The number of aryl methyl sites for hydroxylation is 1. The fourth-order valence-corrected chi connectivity index (χ4v) is 4.94. The lowest BCUT2D eigenvalue weighted by molar-refractivity contribution is 0.603. The Bertz CT molecular complexity index is 995. The number of benzene rings is 2. The topological polar surface area (TPSA) is 61.8 Å². The number of rotatable bonds is 7. The van der Waals surface area contributed by atoms with Crippen LogP contribution in [-0.2, 0) is 10.0 Å². The van der Waals surface area contributed by atoms with Crippen LogP contribution in [0.2, 0.25) is 0 Å². The van der Waals surface area contributed by atoms with Crippen LogP contribution in [0.3, 0.4) is 0 Å². The molecule has 148 valence electrons. The predicted octanol–water partition coefficient (Wildman–Crippen LogP) is 3.97. The molecule has 1 aliphatic rings. The highest BCUT2D eigenvalue weighted by molar-refractivity contribution is 8.00. The molecule has 0 atom stereocenters. The molecule has 0 bridgehead atoms. The number of nitrogens with zero attached hydrogens (tertiary/aromatic N) is 2. The highest BCUT2D eigenvalue weighted by Gasteiger charge is 2.32. The molecule has 0 unspecified atom stereocenters. The lowest BCUT2D eigenvalue weighted by Crippen LogP contribution is -2.26. The van der Waals surface area contributed by atoms with Crippen LogP contribution in [-0.4, -0.2) is 33.9 Å². The zero-order valence-electron chi connectivity index (χ0n) is 16.6. The highest BCUT2D eigenvalue weighted by Crippen LogP contribution is 2.29. The molecule has 28 heavy (non-hydrogen) atoms. The third-order valence-electron chi connectivity index (χ3n) is 4.84. The van der Waals surface area contributed by atoms with Gasteiger partial charge in [-0.1, -0.05) is 42.5 Å². The largest absolute Gasteiger partial charge is 0.372 e. The molecule has 0 aliphatic carbocycles. The van der Waals surface area contributed by atoms with E-state index in [1.165, 1.54) is 11.3 Å². The van der Waals surface area contributed by atoms with E-state index in [4.69, 9.17) is 0 Å². The number of aliphatic imine (C=N–C) groups is 1. The van der Waals surface area contributed by atoms with Gasteiger partial charge in [0.15, 0.2) is 0 Å². The average Bonchev–Trinajstić information content (AvgIpc) is 2.90.